The van der Waals surface area contributed by atoms with Crippen molar-refractivity contribution < 1.29 is 18.8 Å². The van der Waals surface area contributed by atoms with Gasteiger partial charge in [-0.3, -0.25) is 9.69 Å². The molecule has 0 N–H and O–H groups in total. The number of anilines is 1. The molecule has 238 valence electrons. The van der Waals surface area contributed by atoms with Crippen LogP contribution < -0.4 is 15.3 Å². The van der Waals surface area contributed by atoms with Crippen LogP contribution in [-0.2, 0) is 18.8 Å². The van der Waals surface area contributed by atoms with E-state index in [0.717, 1.165) is 58.6 Å². The Hall–Kier alpha value is -4.85. The van der Waals surface area contributed by atoms with Crippen LogP contribution >= 0.6 is 0 Å². The molecule has 0 unspecified atom stereocenters. The molecule has 47 heavy (non-hydrogen) atoms. The smallest absolute Gasteiger partial charge is 0.356 e. The van der Waals surface area contributed by atoms with Gasteiger partial charge in [-0.1, -0.05) is 128 Å². The molecule has 0 bridgehead atoms. The molecule has 1 aliphatic carbocycles. The third-order valence-electron chi connectivity index (χ3n) is 9.30. The predicted octanol–water partition coefficient (Wildman–Crippen LogP) is 6.86. The standard InChI is InChI=1S/C40H40N2O4Si/c1-29-35(30-19-9-4-10-20-30)41-36(40(44)45-2)38(47(46-3,33-25-15-7-16-26-33)34-27-17-8-18-28-34)39(43)42(32-23-13-6-14-24-32)37(29)31-21-11-5-12-22-31/h5-8,11-18,21-28,30H,4,9-10,19-20H2,1-3H3/b37-29-,38-36+,41-35-. The number of aliphatic imine (C=N–C) groups is 1. The topological polar surface area (TPSA) is 68.2 Å². The van der Waals surface area contributed by atoms with Crippen molar-refractivity contribution in [1.29, 1.82) is 0 Å². The first-order chi connectivity index (χ1) is 23.0. The number of methoxy groups -OCH3 is 1. The first-order valence-electron chi connectivity index (χ1n) is 16.2. The summed E-state index contributed by atoms with van der Waals surface area (Å²) in [6.07, 6.45) is 5.22. The molecule has 4 aromatic rings. The lowest BCUT2D eigenvalue weighted by atomic mass is 9.82. The number of carbonyl (C=O) groups is 2. The van der Waals surface area contributed by atoms with Crippen LogP contribution in [0.5, 0.6) is 0 Å². The van der Waals surface area contributed by atoms with Crippen molar-refractivity contribution in [2.24, 2.45) is 10.9 Å². The Balaban J connectivity index is 1.80. The molecule has 0 spiro atoms. The van der Waals surface area contributed by atoms with Crippen molar-refractivity contribution in [3.63, 3.8) is 0 Å². The third kappa shape index (κ3) is 6.04. The second-order valence-corrected chi connectivity index (χ2v) is 15.4. The molecule has 1 amide bonds. The maximum absolute atomic E-state index is 15.8. The number of nitrogens with zero attached hydrogens (tertiary/aromatic N) is 2. The Labute approximate surface area is 278 Å². The van der Waals surface area contributed by atoms with Crippen LogP contribution in [-0.4, -0.2) is 40.1 Å². The minimum Gasteiger partial charge on any atom is -0.464 e. The van der Waals surface area contributed by atoms with Crippen molar-refractivity contribution >= 4 is 47.7 Å². The quantitative estimate of drug-likeness (QED) is 0.156. The van der Waals surface area contributed by atoms with Gasteiger partial charge >= 0.3 is 5.97 Å². The van der Waals surface area contributed by atoms with Crippen molar-refractivity contribution in [3.05, 3.63) is 143 Å². The number of esters is 1. The van der Waals surface area contributed by atoms with Gasteiger partial charge < -0.3 is 9.16 Å². The summed E-state index contributed by atoms with van der Waals surface area (Å²) in [5, 5.41) is 1.87. The van der Waals surface area contributed by atoms with Gasteiger partial charge in [-0.2, -0.15) is 0 Å². The number of amides is 1. The van der Waals surface area contributed by atoms with Gasteiger partial charge in [0.15, 0.2) is 5.70 Å². The highest BCUT2D eigenvalue weighted by atomic mass is 28.4. The van der Waals surface area contributed by atoms with Gasteiger partial charge in [0.05, 0.1) is 18.0 Å². The summed E-state index contributed by atoms with van der Waals surface area (Å²) >= 11 is 0. The van der Waals surface area contributed by atoms with E-state index in [2.05, 4.69) is 0 Å². The molecular formula is C40H40N2O4Si. The molecule has 0 saturated heterocycles. The maximum Gasteiger partial charge on any atom is 0.356 e. The molecular weight excluding hydrogens is 601 g/mol. The zero-order chi connectivity index (χ0) is 32.8. The molecule has 0 aromatic heterocycles. The fourth-order valence-corrected chi connectivity index (χ4v) is 10.9. The summed E-state index contributed by atoms with van der Waals surface area (Å²) in [4.78, 5) is 37.0. The lowest BCUT2D eigenvalue weighted by molar-refractivity contribution is -0.136. The Morgan fingerprint density at radius 2 is 1.26 bits per heavy atom. The van der Waals surface area contributed by atoms with E-state index in [1.807, 2.05) is 128 Å². The first kappa shape index (κ1) is 32.1. The lowest BCUT2D eigenvalue weighted by Crippen LogP contribution is -2.65. The molecule has 1 heterocycles. The van der Waals surface area contributed by atoms with E-state index in [1.165, 1.54) is 13.5 Å². The predicted molar refractivity (Wildman–Crippen MR) is 191 cm³/mol. The normalized spacial score (nSPS) is 20.6. The van der Waals surface area contributed by atoms with Crippen molar-refractivity contribution in [2.75, 3.05) is 19.1 Å². The molecule has 0 radical (unpaired) electrons. The third-order valence-corrected chi connectivity index (χ3v) is 13.4. The largest absolute Gasteiger partial charge is 0.464 e. The first-order valence-corrected chi connectivity index (χ1v) is 18.2. The molecule has 0 atom stereocenters. The minimum atomic E-state index is -3.73. The van der Waals surface area contributed by atoms with Crippen LogP contribution in [0.2, 0.25) is 0 Å². The van der Waals surface area contributed by atoms with Gasteiger partial charge in [0.2, 0.25) is 0 Å². The molecule has 1 saturated carbocycles. The fourth-order valence-electron chi connectivity index (χ4n) is 7.10. The summed E-state index contributed by atoms with van der Waals surface area (Å²) in [5.74, 6) is -0.921. The van der Waals surface area contributed by atoms with Gasteiger partial charge in [-0.05, 0) is 53.4 Å². The molecule has 7 heteroatoms. The molecule has 6 nitrogen and oxygen atoms in total. The van der Waals surface area contributed by atoms with Crippen LogP contribution in [0.4, 0.5) is 5.69 Å². The lowest BCUT2D eigenvalue weighted by Gasteiger charge is -2.38. The number of benzene rings is 4. The van der Waals surface area contributed by atoms with Gasteiger partial charge in [-0.25, -0.2) is 9.79 Å². The van der Waals surface area contributed by atoms with Gasteiger partial charge in [-0.15, -0.1) is 0 Å². The average Bonchev–Trinajstić information content (AvgIpc) is 3.14. The van der Waals surface area contributed by atoms with E-state index in [-0.39, 0.29) is 22.7 Å². The number of hydrogen-bond donors (Lipinski definition) is 0. The number of allylic oxidation sites excluding steroid dienone is 1. The van der Waals surface area contributed by atoms with E-state index in [0.29, 0.717) is 5.69 Å². The SMILES string of the molecule is COC(=O)C1=C(/[Si](OC)(c2ccccc2)c2ccccc2)C(=O)N(c2ccccc2)\C(c2ccccc2)=C(C)/C(C2CCCCC2)=N/1. The second-order valence-electron chi connectivity index (χ2n) is 12.0. The maximum atomic E-state index is 15.8. The van der Waals surface area contributed by atoms with E-state index >= 15 is 4.79 Å². The summed E-state index contributed by atoms with van der Waals surface area (Å²) in [6, 6.07) is 39.2. The Bertz CT molecular complexity index is 1770. The summed E-state index contributed by atoms with van der Waals surface area (Å²) < 4.78 is 12.2. The van der Waals surface area contributed by atoms with E-state index in [4.69, 9.17) is 14.2 Å². The molecule has 6 rings (SSSR count). The van der Waals surface area contributed by atoms with Crippen LogP contribution in [0.25, 0.3) is 5.70 Å². The zero-order valence-corrected chi connectivity index (χ0v) is 28.2. The number of rotatable bonds is 8. The highest BCUT2D eigenvalue weighted by molar-refractivity contribution is 7.06. The average molecular weight is 641 g/mol. The van der Waals surface area contributed by atoms with Crippen molar-refractivity contribution in [2.45, 2.75) is 39.0 Å². The van der Waals surface area contributed by atoms with Crippen LogP contribution in [0.3, 0.4) is 0 Å². The number of hydrogen-bond acceptors (Lipinski definition) is 5. The highest BCUT2D eigenvalue weighted by Crippen LogP contribution is 2.39. The highest BCUT2D eigenvalue weighted by Gasteiger charge is 2.52. The van der Waals surface area contributed by atoms with Crippen molar-refractivity contribution in [1.82, 2.24) is 0 Å². The number of ether oxygens (including phenoxy) is 1. The van der Waals surface area contributed by atoms with Crippen LogP contribution in [0.15, 0.2) is 143 Å². The van der Waals surface area contributed by atoms with E-state index < -0.39 is 14.3 Å². The molecule has 4 aromatic carbocycles. The van der Waals surface area contributed by atoms with E-state index in [9.17, 15) is 4.79 Å². The van der Waals surface area contributed by atoms with Crippen LogP contribution in [0, 0.1) is 5.92 Å². The second kappa shape index (κ2) is 14.3. The number of para-hydroxylation sites is 1. The Morgan fingerprint density at radius 3 is 1.77 bits per heavy atom. The minimum absolute atomic E-state index is 0.00619. The molecule has 1 fully saturated rings. The monoisotopic (exact) mass is 640 g/mol. The molecule has 2 aliphatic rings. The zero-order valence-electron chi connectivity index (χ0n) is 27.2. The summed E-state index contributed by atoms with van der Waals surface area (Å²) in [5.41, 5.74) is 4.00. The fraction of sp³-hybridized carbons (Fsp3) is 0.225. The number of carbonyl (C=O) groups excluding carboxylic acids is 2. The van der Waals surface area contributed by atoms with Crippen molar-refractivity contribution in [3.8, 4) is 0 Å². The van der Waals surface area contributed by atoms with Gasteiger partial charge in [0.1, 0.15) is 0 Å². The molecule has 1 aliphatic heterocycles. The Kier molecular flexibility index (Phi) is 9.75. The summed E-state index contributed by atoms with van der Waals surface area (Å²) in [6.45, 7) is 2.04. The van der Waals surface area contributed by atoms with Crippen LogP contribution in [0.1, 0.15) is 44.6 Å². The van der Waals surface area contributed by atoms with E-state index in [1.54, 1.807) is 12.0 Å². The Morgan fingerprint density at radius 1 is 0.745 bits per heavy atom. The van der Waals surface area contributed by atoms with Gasteiger partial charge in [0, 0.05) is 24.4 Å². The van der Waals surface area contributed by atoms with Gasteiger partial charge in [0.25, 0.3) is 14.2 Å². The summed E-state index contributed by atoms with van der Waals surface area (Å²) in [7, 11) is -0.745.